The molecule has 2 atom stereocenters. The molecule has 1 aliphatic carbocycles. The molecule has 1 aromatic rings. The van der Waals surface area contributed by atoms with Gasteiger partial charge in [-0.15, -0.1) is 0 Å². The first kappa shape index (κ1) is 12.3. The summed E-state index contributed by atoms with van der Waals surface area (Å²) in [6.45, 7) is 4.39. The van der Waals surface area contributed by atoms with Gasteiger partial charge in [0.2, 0.25) is 0 Å². The standard InChI is InChI=1S/C14H19F2N/c1-9-4-3-5-10(2)14(9)17-13-7-11(15)6-12(16)8-13/h6-10,14,17H,3-5H2,1-2H3. The summed E-state index contributed by atoms with van der Waals surface area (Å²) in [6, 6.07) is 3.93. The lowest BCUT2D eigenvalue weighted by atomic mass is 9.78. The van der Waals surface area contributed by atoms with Crippen LogP contribution in [0.2, 0.25) is 0 Å². The van der Waals surface area contributed by atoms with Crippen molar-refractivity contribution in [1.82, 2.24) is 0 Å². The Balaban J connectivity index is 2.13. The molecule has 17 heavy (non-hydrogen) atoms. The van der Waals surface area contributed by atoms with E-state index < -0.39 is 11.6 Å². The fraction of sp³-hybridized carbons (Fsp3) is 0.571. The molecular formula is C14H19F2N. The summed E-state index contributed by atoms with van der Waals surface area (Å²) in [4.78, 5) is 0. The Morgan fingerprint density at radius 1 is 1.00 bits per heavy atom. The summed E-state index contributed by atoms with van der Waals surface area (Å²) >= 11 is 0. The summed E-state index contributed by atoms with van der Waals surface area (Å²) in [5.41, 5.74) is 0.549. The van der Waals surface area contributed by atoms with Gasteiger partial charge in [-0.2, -0.15) is 0 Å². The van der Waals surface area contributed by atoms with E-state index in [2.05, 4.69) is 19.2 Å². The third-order valence-electron chi connectivity index (χ3n) is 3.74. The average Bonchev–Trinajstić information content (AvgIpc) is 2.22. The highest BCUT2D eigenvalue weighted by Crippen LogP contribution is 2.31. The minimum Gasteiger partial charge on any atom is -0.382 e. The largest absolute Gasteiger partial charge is 0.382 e. The molecule has 2 unspecified atom stereocenters. The van der Waals surface area contributed by atoms with Gasteiger partial charge in [-0.1, -0.05) is 20.3 Å². The van der Waals surface area contributed by atoms with Crippen LogP contribution in [-0.2, 0) is 0 Å². The van der Waals surface area contributed by atoms with Crippen LogP contribution < -0.4 is 5.32 Å². The highest BCUT2D eigenvalue weighted by atomic mass is 19.1. The zero-order chi connectivity index (χ0) is 12.4. The second kappa shape index (κ2) is 5.03. The van der Waals surface area contributed by atoms with Gasteiger partial charge < -0.3 is 5.32 Å². The molecule has 1 nitrogen and oxygen atoms in total. The lowest BCUT2D eigenvalue weighted by Crippen LogP contribution is -2.37. The monoisotopic (exact) mass is 239 g/mol. The second-order valence-electron chi connectivity index (χ2n) is 5.21. The van der Waals surface area contributed by atoms with Crippen LogP contribution in [0.4, 0.5) is 14.5 Å². The van der Waals surface area contributed by atoms with Crippen LogP contribution in [0.5, 0.6) is 0 Å². The van der Waals surface area contributed by atoms with Crippen LogP contribution >= 0.6 is 0 Å². The van der Waals surface area contributed by atoms with Crippen LogP contribution in [0.1, 0.15) is 33.1 Å². The van der Waals surface area contributed by atoms with E-state index in [4.69, 9.17) is 0 Å². The first-order chi connectivity index (χ1) is 8.06. The Kier molecular flexibility index (Phi) is 3.65. The highest BCUT2D eigenvalue weighted by Gasteiger charge is 2.27. The van der Waals surface area contributed by atoms with Crippen molar-refractivity contribution < 1.29 is 8.78 Å². The molecule has 0 aliphatic heterocycles. The molecule has 0 bridgehead atoms. The molecule has 3 heteroatoms. The smallest absolute Gasteiger partial charge is 0.128 e. The molecular weight excluding hydrogens is 220 g/mol. The van der Waals surface area contributed by atoms with E-state index in [1.54, 1.807) is 0 Å². The number of rotatable bonds is 2. The van der Waals surface area contributed by atoms with Crippen molar-refractivity contribution in [2.45, 2.75) is 39.2 Å². The highest BCUT2D eigenvalue weighted by molar-refractivity contribution is 5.45. The van der Waals surface area contributed by atoms with Gasteiger partial charge in [-0.3, -0.25) is 0 Å². The topological polar surface area (TPSA) is 12.0 Å². The number of benzene rings is 1. The normalized spacial score (nSPS) is 29.1. The maximum absolute atomic E-state index is 13.1. The van der Waals surface area contributed by atoms with Crippen molar-refractivity contribution in [3.8, 4) is 0 Å². The molecule has 0 saturated heterocycles. The number of halogens is 2. The molecule has 94 valence electrons. The van der Waals surface area contributed by atoms with Gasteiger partial charge in [0, 0.05) is 17.8 Å². The van der Waals surface area contributed by atoms with Crippen molar-refractivity contribution in [3.05, 3.63) is 29.8 Å². The minimum absolute atomic E-state index is 0.310. The van der Waals surface area contributed by atoms with Crippen LogP contribution in [-0.4, -0.2) is 6.04 Å². The molecule has 1 fully saturated rings. The van der Waals surface area contributed by atoms with E-state index in [-0.39, 0.29) is 0 Å². The predicted molar refractivity (Wildman–Crippen MR) is 65.9 cm³/mol. The van der Waals surface area contributed by atoms with E-state index in [0.717, 1.165) is 6.07 Å². The Morgan fingerprint density at radius 3 is 2.06 bits per heavy atom. The van der Waals surface area contributed by atoms with Gasteiger partial charge in [0.1, 0.15) is 11.6 Å². The maximum Gasteiger partial charge on any atom is 0.128 e. The maximum atomic E-state index is 13.1. The van der Waals surface area contributed by atoms with E-state index >= 15 is 0 Å². The second-order valence-corrected chi connectivity index (χ2v) is 5.21. The van der Waals surface area contributed by atoms with Crippen LogP contribution in [0, 0.1) is 23.5 Å². The predicted octanol–water partition coefficient (Wildman–Crippen LogP) is 4.20. The first-order valence-corrected chi connectivity index (χ1v) is 6.29. The van der Waals surface area contributed by atoms with Crippen molar-refractivity contribution in [2.75, 3.05) is 5.32 Å². The molecule has 1 aromatic carbocycles. The SMILES string of the molecule is CC1CCCC(C)C1Nc1cc(F)cc(F)c1. The lowest BCUT2D eigenvalue weighted by Gasteiger charge is -2.35. The van der Waals surface area contributed by atoms with Gasteiger partial charge in [-0.25, -0.2) is 8.78 Å². The summed E-state index contributed by atoms with van der Waals surface area (Å²) in [5, 5.41) is 3.28. The zero-order valence-electron chi connectivity index (χ0n) is 10.3. The van der Waals surface area contributed by atoms with Crippen LogP contribution in [0.25, 0.3) is 0 Å². The Labute approximate surface area is 101 Å². The quantitative estimate of drug-likeness (QED) is 0.815. The van der Waals surface area contributed by atoms with Crippen LogP contribution in [0.15, 0.2) is 18.2 Å². The fourth-order valence-electron chi connectivity index (χ4n) is 2.80. The Morgan fingerprint density at radius 2 is 1.53 bits per heavy atom. The van der Waals surface area contributed by atoms with Crippen molar-refractivity contribution >= 4 is 5.69 Å². The fourth-order valence-corrected chi connectivity index (χ4v) is 2.80. The number of anilines is 1. The summed E-state index contributed by atoms with van der Waals surface area (Å²) in [5.74, 6) is 0.0439. The molecule has 0 spiro atoms. The summed E-state index contributed by atoms with van der Waals surface area (Å²) in [6.07, 6.45) is 3.61. The number of nitrogens with one attached hydrogen (secondary N) is 1. The van der Waals surface area contributed by atoms with Gasteiger partial charge in [0.15, 0.2) is 0 Å². The van der Waals surface area contributed by atoms with Gasteiger partial charge in [-0.05, 0) is 36.8 Å². The van der Waals surface area contributed by atoms with E-state index in [1.165, 1.54) is 31.4 Å². The Hall–Kier alpha value is -1.12. The van der Waals surface area contributed by atoms with Gasteiger partial charge in [0.25, 0.3) is 0 Å². The summed E-state index contributed by atoms with van der Waals surface area (Å²) in [7, 11) is 0. The number of hydrogen-bond acceptors (Lipinski definition) is 1. The minimum atomic E-state index is -0.524. The molecule has 1 N–H and O–H groups in total. The van der Waals surface area contributed by atoms with Gasteiger partial charge in [0.05, 0.1) is 0 Å². The third-order valence-corrected chi connectivity index (χ3v) is 3.74. The first-order valence-electron chi connectivity index (χ1n) is 6.29. The van der Waals surface area contributed by atoms with Crippen molar-refractivity contribution in [2.24, 2.45) is 11.8 Å². The summed E-state index contributed by atoms with van der Waals surface area (Å²) < 4.78 is 26.2. The molecule has 1 aliphatic rings. The molecule has 1 saturated carbocycles. The molecule has 0 amide bonds. The lowest BCUT2D eigenvalue weighted by molar-refractivity contribution is 0.268. The molecule has 2 rings (SSSR count). The van der Waals surface area contributed by atoms with E-state index in [9.17, 15) is 8.78 Å². The van der Waals surface area contributed by atoms with Crippen LogP contribution in [0.3, 0.4) is 0 Å². The van der Waals surface area contributed by atoms with E-state index in [0.29, 0.717) is 23.6 Å². The molecule has 0 radical (unpaired) electrons. The molecule has 0 aromatic heterocycles. The average molecular weight is 239 g/mol. The van der Waals surface area contributed by atoms with Crippen molar-refractivity contribution in [3.63, 3.8) is 0 Å². The number of hydrogen-bond donors (Lipinski definition) is 1. The van der Waals surface area contributed by atoms with Crippen molar-refractivity contribution in [1.29, 1.82) is 0 Å². The van der Waals surface area contributed by atoms with E-state index in [1.807, 2.05) is 0 Å². The zero-order valence-corrected chi connectivity index (χ0v) is 10.3. The Bertz CT molecular complexity index is 362. The third kappa shape index (κ3) is 2.96. The van der Waals surface area contributed by atoms with Gasteiger partial charge >= 0.3 is 0 Å². The molecule has 0 heterocycles.